The number of para-hydroxylation sites is 1. The Labute approximate surface area is 119 Å². The van der Waals surface area contributed by atoms with Crippen molar-refractivity contribution in [2.24, 2.45) is 11.7 Å². The molecular weight excluding hydrogens is 252 g/mol. The van der Waals surface area contributed by atoms with Crippen LogP contribution >= 0.6 is 11.3 Å². The minimum Gasteiger partial charge on any atom is -0.327 e. The summed E-state index contributed by atoms with van der Waals surface area (Å²) < 4.78 is 1.28. The largest absolute Gasteiger partial charge is 0.327 e. The minimum absolute atomic E-state index is 0.279. The van der Waals surface area contributed by atoms with Crippen LogP contribution in [0.25, 0.3) is 10.2 Å². The van der Waals surface area contributed by atoms with E-state index < -0.39 is 0 Å². The molecule has 0 spiro atoms. The molecule has 1 saturated carbocycles. The Morgan fingerprint density at radius 1 is 1.26 bits per heavy atom. The molecule has 0 aliphatic heterocycles. The third-order valence-corrected chi connectivity index (χ3v) is 5.25. The van der Waals surface area contributed by atoms with Gasteiger partial charge in [-0.05, 0) is 30.9 Å². The van der Waals surface area contributed by atoms with Gasteiger partial charge in [0.1, 0.15) is 0 Å². The van der Waals surface area contributed by atoms with E-state index >= 15 is 0 Å². The van der Waals surface area contributed by atoms with Gasteiger partial charge < -0.3 is 5.73 Å². The van der Waals surface area contributed by atoms with E-state index in [9.17, 15) is 0 Å². The Morgan fingerprint density at radius 3 is 2.84 bits per heavy atom. The van der Waals surface area contributed by atoms with Crippen LogP contribution in [0.5, 0.6) is 0 Å². The molecule has 102 valence electrons. The van der Waals surface area contributed by atoms with Crippen molar-refractivity contribution in [1.29, 1.82) is 0 Å². The molecule has 1 fully saturated rings. The summed E-state index contributed by atoms with van der Waals surface area (Å²) in [6.45, 7) is 0. The normalized spacial score (nSPS) is 18.2. The number of benzene rings is 1. The number of nitrogens with two attached hydrogens (primary N) is 1. The van der Waals surface area contributed by atoms with Crippen LogP contribution < -0.4 is 5.73 Å². The quantitative estimate of drug-likeness (QED) is 0.890. The lowest BCUT2D eigenvalue weighted by atomic mass is 9.98. The van der Waals surface area contributed by atoms with Gasteiger partial charge in [0.2, 0.25) is 0 Å². The number of thiazole rings is 1. The van der Waals surface area contributed by atoms with Crippen LogP contribution in [0.3, 0.4) is 0 Å². The molecule has 1 atom stereocenters. The molecule has 1 aliphatic rings. The molecule has 1 aromatic carbocycles. The van der Waals surface area contributed by atoms with Crippen molar-refractivity contribution in [2.75, 3.05) is 0 Å². The first-order chi connectivity index (χ1) is 9.31. The fraction of sp³-hybridized carbons (Fsp3) is 0.562. The van der Waals surface area contributed by atoms with Gasteiger partial charge in [-0.25, -0.2) is 4.98 Å². The highest BCUT2D eigenvalue weighted by Crippen LogP contribution is 2.29. The van der Waals surface area contributed by atoms with E-state index in [1.165, 1.54) is 41.8 Å². The van der Waals surface area contributed by atoms with E-state index in [1.54, 1.807) is 11.3 Å². The Bertz CT molecular complexity index is 495. The standard InChI is InChI=1S/C16H22N2S/c17-13(10-9-12-5-1-2-6-12)11-16-18-14-7-3-4-8-15(14)19-16/h3-4,7-8,12-13H,1-2,5-6,9-11,17H2. The molecule has 0 radical (unpaired) electrons. The first kappa shape index (κ1) is 13.1. The highest BCUT2D eigenvalue weighted by molar-refractivity contribution is 7.18. The minimum atomic E-state index is 0.279. The molecule has 0 saturated heterocycles. The van der Waals surface area contributed by atoms with Gasteiger partial charge in [0.25, 0.3) is 0 Å². The smallest absolute Gasteiger partial charge is 0.0954 e. The van der Waals surface area contributed by atoms with Crippen LogP contribution in [0.2, 0.25) is 0 Å². The Balaban J connectivity index is 1.54. The van der Waals surface area contributed by atoms with Crippen molar-refractivity contribution >= 4 is 21.6 Å². The van der Waals surface area contributed by atoms with E-state index in [1.807, 2.05) is 6.07 Å². The van der Waals surface area contributed by atoms with E-state index in [-0.39, 0.29) is 6.04 Å². The molecule has 2 nitrogen and oxygen atoms in total. The summed E-state index contributed by atoms with van der Waals surface area (Å²) in [6, 6.07) is 8.62. The predicted molar refractivity (Wildman–Crippen MR) is 82.5 cm³/mol. The van der Waals surface area contributed by atoms with Crippen molar-refractivity contribution in [1.82, 2.24) is 4.98 Å². The van der Waals surface area contributed by atoms with Gasteiger partial charge in [0.15, 0.2) is 0 Å². The van der Waals surface area contributed by atoms with Gasteiger partial charge in [-0.2, -0.15) is 0 Å². The number of fused-ring (bicyclic) bond motifs is 1. The molecule has 2 aromatic rings. The zero-order valence-corrected chi connectivity index (χ0v) is 12.2. The zero-order chi connectivity index (χ0) is 13.1. The Morgan fingerprint density at radius 2 is 2.05 bits per heavy atom. The summed E-state index contributed by atoms with van der Waals surface area (Å²) in [5.74, 6) is 0.946. The highest BCUT2D eigenvalue weighted by Gasteiger charge is 2.16. The van der Waals surface area contributed by atoms with Gasteiger partial charge in [-0.3, -0.25) is 0 Å². The number of hydrogen-bond acceptors (Lipinski definition) is 3. The summed E-state index contributed by atoms with van der Waals surface area (Å²) in [7, 11) is 0. The second kappa shape index (κ2) is 6.02. The lowest BCUT2D eigenvalue weighted by molar-refractivity contribution is 0.447. The molecule has 1 unspecified atom stereocenters. The monoisotopic (exact) mass is 274 g/mol. The van der Waals surface area contributed by atoms with Gasteiger partial charge in [-0.15, -0.1) is 11.3 Å². The highest BCUT2D eigenvalue weighted by atomic mass is 32.1. The number of nitrogens with zero attached hydrogens (tertiary/aromatic N) is 1. The van der Waals surface area contributed by atoms with E-state index in [4.69, 9.17) is 5.73 Å². The Hall–Kier alpha value is -0.930. The number of hydrogen-bond donors (Lipinski definition) is 1. The van der Waals surface area contributed by atoms with Crippen molar-refractivity contribution < 1.29 is 0 Å². The summed E-state index contributed by atoms with van der Waals surface area (Å²) in [5.41, 5.74) is 7.39. The molecule has 1 aliphatic carbocycles. The van der Waals surface area contributed by atoms with Crippen LogP contribution in [0.15, 0.2) is 24.3 Å². The summed E-state index contributed by atoms with van der Waals surface area (Å²) in [6.07, 6.45) is 9.11. The van der Waals surface area contributed by atoms with Gasteiger partial charge in [-0.1, -0.05) is 37.8 Å². The lowest BCUT2D eigenvalue weighted by Crippen LogP contribution is -2.23. The Kier molecular flexibility index (Phi) is 4.14. The van der Waals surface area contributed by atoms with Gasteiger partial charge >= 0.3 is 0 Å². The van der Waals surface area contributed by atoms with Crippen molar-refractivity contribution in [2.45, 2.75) is 51.0 Å². The van der Waals surface area contributed by atoms with Crippen LogP contribution in [0.4, 0.5) is 0 Å². The molecule has 3 rings (SSSR count). The maximum atomic E-state index is 6.27. The van der Waals surface area contributed by atoms with Crippen molar-refractivity contribution in [3.63, 3.8) is 0 Å². The first-order valence-electron chi connectivity index (χ1n) is 7.41. The fourth-order valence-corrected chi connectivity index (χ4v) is 4.14. The maximum absolute atomic E-state index is 6.27. The van der Waals surface area contributed by atoms with Crippen LogP contribution in [0.1, 0.15) is 43.5 Å². The van der Waals surface area contributed by atoms with Crippen LogP contribution in [-0.2, 0) is 6.42 Å². The van der Waals surface area contributed by atoms with Gasteiger partial charge in [0.05, 0.1) is 15.2 Å². The second-order valence-electron chi connectivity index (χ2n) is 5.77. The van der Waals surface area contributed by atoms with E-state index in [0.717, 1.165) is 24.3 Å². The lowest BCUT2D eigenvalue weighted by Gasteiger charge is -2.13. The molecule has 0 bridgehead atoms. The summed E-state index contributed by atoms with van der Waals surface area (Å²) in [4.78, 5) is 4.67. The molecule has 19 heavy (non-hydrogen) atoms. The van der Waals surface area contributed by atoms with Crippen molar-refractivity contribution in [3.05, 3.63) is 29.3 Å². The third-order valence-electron chi connectivity index (χ3n) is 4.20. The molecular formula is C16H22N2S. The van der Waals surface area contributed by atoms with Crippen LogP contribution in [-0.4, -0.2) is 11.0 Å². The topological polar surface area (TPSA) is 38.9 Å². The molecule has 1 heterocycles. The second-order valence-corrected chi connectivity index (χ2v) is 6.88. The average Bonchev–Trinajstić information content (AvgIpc) is 3.04. The first-order valence-corrected chi connectivity index (χ1v) is 8.23. The van der Waals surface area contributed by atoms with E-state index in [0.29, 0.717) is 0 Å². The molecule has 2 N–H and O–H groups in total. The van der Waals surface area contributed by atoms with E-state index in [2.05, 4.69) is 23.2 Å². The number of rotatable bonds is 5. The third kappa shape index (κ3) is 3.34. The predicted octanol–water partition coefficient (Wildman–Crippen LogP) is 4.14. The summed E-state index contributed by atoms with van der Waals surface area (Å²) >= 11 is 1.79. The molecule has 0 amide bonds. The zero-order valence-electron chi connectivity index (χ0n) is 11.3. The number of aromatic nitrogens is 1. The SMILES string of the molecule is NC(CCC1CCCC1)Cc1nc2ccccc2s1. The van der Waals surface area contributed by atoms with Crippen LogP contribution in [0, 0.1) is 5.92 Å². The maximum Gasteiger partial charge on any atom is 0.0954 e. The molecule has 3 heteroatoms. The average molecular weight is 274 g/mol. The van der Waals surface area contributed by atoms with Gasteiger partial charge in [0, 0.05) is 12.5 Å². The fourth-order valence-electron chi connectivity index (χ4n) is 3.08. The summed E-state index contributed by atoms with van der Waals surface area (Å²) in [5, 5.41) is 1.19. The molecule has 1 aromatic heterocycles. The van der Waals surface area contributed by atoms with Crippen molar-refractivity contribution in [3.8, 4) is 0 Å².